The van der Waals surface area contributed by atoms with Crippen molar-refractivity contribution in [2.45, 2.75) is 38.5 Å². The van der Waals surface area contributed by atoms with E-state index in [1.165, 1.54) is 0 Å². The number of ether oxygens (including phenoxy) is 1. The van der Waals surface area contributed by atoms with Crippen LogP contribution in [0.4, 0.5) is 0 Å². The minimum Gasteiger partial charge on any atom is -0.496 e. The smallest absolute Gasteiger partial charge is 0.303 e. The zero-order valence-electron chi connectivity index (χ0n) is 11.0. The van der Waals surface area contributed by atoms with Gasteiger partial charge in [0.15, 0.2) is 0 Å². The Morgan fingerprint density at radius 3 is 2.72 bits per heavy atom. The van der Waals surface area contributed by atoms with Gasteiger partial charge in [0.2, 0.25) is 0 Å². The fourth-order valence-corrected chi connectivity index (χ4v) is 2.64. The van der Waals surface area contributed by atoms with Gasteiger partial charge in [0.1, 0.15) is 5.75 Å². The van der Waals surface area contributed by atoms with Gasteiger partial charge in [-0.1, -0.05) is 25.1 Å². The number of aliphatic carboxylic acids is 1. The van der Waals surface area contributed by atoms with Crippen molar-refractivity contribution in [2.24, 2.45) is 5.92 Å². The Morgan fingerprint density at radius 2 is 2.22 bits per heavy atom. The number of para-hydroxylation sites is 1. The van der Waals surface area contributed by atoms with Gasteiger partial charge in [-0.2, -0.15) is 0 Å². The number of hydrogen-bond donors (Lipinski definition) is 1. The highest BCUT2D eigenvalue weighted by molar-refractivity contribution is 5.68. The average Bonchev–Trinajstić information content (AvgIpc) is 3.18. The summed E-state index contributed by atoms with van der Waals surface area (Å²) in [4.78, 5) is 11.0. The summed E-state index contributed by atoms with van der Waals surface area (Å²) in [7, 11) is 1.67. The van der Waals surface area contributed by atoms with Crippen LogP contribution in [0.5, 0.6) is 5.75 Å². The molecule has 0 aliphatic heterocycles. The van der Waals surface area contributed by atoms with Crippen molar-refractivity contribution >= 4 is 5.97 Å². The standard InChI is InChI=1S/C15H20O3/c1-3-10-5-4-6-12(15(10)18-2)13(9-14(16)17)11-7-8-11/h4-6,11,13H,3,7-9H2,1-2H3,(H,16,17). The second-order valence-electron chi connectivity index (χ2n) is 4.93. The topological polar surface area (TPSA) is 46.5 Å². The van der Waals surface area contributed by atoms with Gasteiger partial charge in [-0.3, -0.25) is 4.79 Å². The molecule has 0 aromatic heterocycles. The van der Waals surface area contributed by atoms with Crippen molar-refractivity contribution in [3.8, 4) is 5.75 Å². The molecular weight excluding hydrogens is 228 g/mol. The van der Waals surface area contributed by atoms with Crippen LogP contribution in [0, 0.1) is 5.92 Å². The molecule has 0 saturated heterocycles. The maximum Gasteiger partial charge on any atom is 0.303 e. The lowest BCUT2D eigenvalue weighted by atomic mass is 9.88. The molecule has 1 fully saturated rings. The van der Waals surface area contributed by atoms with Gasteiger partial charge in [0.05, 0.1) is 13.5 Å². The average molecular weight is 248 g/mol. The van der Waals surface area contributed by atoms with Crippen LogP contribution in [0.2, 0.25) is 0 Å². The van der Waals surface area contributed by atoms with E-state index in [-0.39, 0.29) is 12.3 Å². The number of rotatable bonds is 6. The highest BCUT2D eigenvalue weighted by atomic mass is 16.5. The number of methoxy groups -OCH3 is 1. The van der Waals surface area contributed by atoms with Crippen molar-refractivity contribution in [1.82, 2.24) is 0 Å². The first-order valence-electron chi connectivity index (χ1n) is 6.55. The molecule has 0 amide bonds. The Kier molecular flexibility index (Phi) is 3.90. The van der Waals surface area contributed by atoms with E-state index in [0.717, 1.165) is 36.1 Å². The van der Waals surface area contributed by atoms with E-state index in [1.807, 2.05) is 18.2 Å². The van der Waals surface area contributed by atoms with E-state index in [0.29, 0.717) is 5.92 Å². The van der Waals surface area contributed by atoms with Crippen molar-refractivity contribution < 1.29 is 14.6 Å². The molecule has 98 valence electrons. The summed E-state index contributed by atoms with van der Waals surface area (Å²) in [6.45, 7) is 2.09. The lowest BCUT2D eigenvalue weighted by Crippen LogP contribution is -2.10. The number of carboxylic acids is 1. The minimum atomic E-state index is -0.726. The van der Waals surface area contributed by atoms with Gasteiger partial charge in [0.25, 0.3) is 0 Å². The molecule has 1 aromatic rings. The molecule has 0 radical (unpaired) electrons. The van der Waals surface area contributed by atoms with Crippen LogP contribution in [0.3, 0.4) is 0 Å². The summed E-state index contributed by atoms with van der Waals surface area (Å²) in [5, 5.41) is 9.07. The van der Waals surface area contributed by atoms with Gasteiger partial charge >= 0.3 is 5.97 Å². The molecule has 3 heteroatoms. The summed E-state index contributed by atoms with van der Waals surface area (Å²) >= 11 is 0. The van der Waals surface area contributed by atoms with E-state index in [1.54, 1.807) is 7.11 Å². The Hall–Kier alpha value is -1.51. The van der Waals surface area contributed by atoms with Gasteiger partial charge in [-0.15, -0.1) is 0 Å². The summed E-state index contributed by atoms with van der Waals surface area (Å²) in [5.41, 5.74) is 2.23. The third-order valence-electron chi connectivity index (χ3n) is 3.70. The summed E-state index contributed by atoms with van der Waals surface area (Å²) in [5.74, 6) is 0.778. The molecule has 1 aliphatic rings. The maximum atomic E-state index is 11.0. The number of aryl methyl sites for hydroxylation is 1. The predicted octanol–water partition coefficient (Wildman–Crippen LogP) is 3.23. The Morgan fingerprint density at radius 1 is 1.50 bits per heavy atom. The van der Waals surface area contributed by atoms with Crippen LogP contribution in [0.1, 0.15) is 43.2 Å². The van der Waals surface area contributed by atoms with Crippen molar-refractivity contribution in [1.29, 1.82) is 0 Å². The molecule has 0 heterocycles. The first-order chi connectivity index (χ1) is 8.67. The number of carboxylic acid groups (broad SMARTS) is 1. The monoisotopic (exact) mass is 248 g/mol. The normalized spacial score (nSPS) is 16.3. The maximum absolute atomic E-state index is 11.0. The molecular formula is C15H20O3. The van der Waals surface area contributed by atoms with Crippen molar-refractivity contribution in [2.75, 3.05) is 7.11 Å². The van der Waals surface area contributed by atoms with E-state index >= 15 is 0 Å². The Labute approximate surface area is 108 Å². The third kappa shape index (κ3) is 2.66. The highest BCUT2D eigenvalue weighted by Gasteiger charge is 2.35. The first-order valence-corrected chi connectivity index (χ1v) is 6.55. The molecule has 1 atom stereocenters. The van der Waals surface area contributed by atoms with Crippen LogP contribution >= 0.6 is 0 Å². The molecule has 18 heavy (non-hydrogen) atoms. The van der Waals surface area contributed by atoms with E-state index < -0.39 is 5.97 Å². The van der Waals surface area contributed by atoms with Crippen LogP contribution in [-0.4, -0.2) is 18.2 Å². The molecule has 1 unspecified atom stereocenters. The molecule has 1 N–H and O–H groups in total. The molecule has 0 spiro atoms. The molecule has 1 aromatic carbocycles. The van der Waals surface area contributed by atoms with Gasteiger partial charge in [0, 0.05) is 5.92 Å². The van der Waals surface area contributed by atoms with Gasteiger partial charge in [-0.05, 0) is 36.3 Å². The largest absolute Gasteiger partial charge is 0.496 e. The minimum absolute atomic E-state index is 0.101. The lowest BCUT2D eigenvalue weighted by Gasteiger charge is -2.20. The van der Waals surface area contributed by atoms with Crippen LogP contribution in [0.25, 0.3) is 0 Å². The van der Waals surface area contributed by atoms with Crippen molar-refractivity contribution in [3.63, 3.8) is 0 Å². The first kappa shape index (κ1) is 12.9. The molecule has 0 bridgehead atoms. The number of carbonyl (C=O) groups is 1. The fraction of sp³-hybridized carbons (Fsp3) is 0.533. The van der Waals surface area contributed by atoms with Crippen molar-refractivity contribution in [3.05, 3.63) is 29.3 Å². The SMILES string of the molecule is CCc1cccc(C(CC(=O)O)C2CC2)c1OC. The third-order valence-corrected chi connectivity index (χ3v) is 3.70. The fourth-order valence-electron chi connectivity index (χ4n) is 2.64. The zero-order chi connectivity index (χ0) is 13.1. The van der Waals surface area contributed by atoms with E-state index in [4.69, 9.17) is 9.84 Å². The zero-order valence-corrected chi connectivity index (χ0v) is 11.0. The molecule has 3 nitrogen and oxygen atoms in total. The summed E-state index contributed by atoms with van der Waals surface area (Å²) < 4.78 is 5.51. The number of hydrogen-bond acceptors (Lipinski definition) is 2. The molecule has 1 aliphatic carbocycles. The van der Waals surface area contributed by atoms with Gasteiger partial charge in [-0.25, -0.2) is 0 Å². The second kappa shape index (κ2) is 5.42. The quantitative estimate of drug-likeness (QED) is 0.840. The summed E-state index contributed by atoms with van der Waals surface area (Å²) in [6.07, 6.45) is 3.38. The van der Waals surface area contributed by atoms with E-state index in [2.05, 4.69) is 6.92 Å². The lowest BCUT2D eigenvalue weighted by molar-refractivity contribution is -0.137. The molecule has 2 rings (SSSR count). The Balaban J connectivity index is 2.36. The second-order valence-corrected chi connectivity index (χ2v) is 4.93. The number of benzene rings is 1. The van der Waals surface area contributed by atoms with E-state index in [9.17, 15) is 4.79 Å². The Bertz CT molecular complexity index is 435. The van der Waals surface area contributed by atoms with Crippen LogP contribution in [-0.2, 0) is 11.2 Å². The van der Waals surface area contributed by atoms with Crippen LogP contribution in [0.15, 0.2) is 18.2 Å². The highest BCUT2D eigenvalue weighted by Crippen LogP contribution is 2.47. The molecule has 1 saturated carbocycles. The predicted molar refractivity (Wildman–Crippen MR) is 70.1 cm³/mol. The van der Waals surface area contributed by atoms with Gasteiger partial charge < -0.3 is 9.84 Å². The van der Waals surface area contributed by atoms with Crippen LogP contribution < -0.4 is 4.74 Å². The summed E-state index contributed by atoms with van der Waals surface area (Å²) in [6, 6.07) is 6.07.